The third-order valence-electron chi connectivity index (χ3n) is 5.26. The van der Waals surface area contributed by atoms with Gasteiger partial charge in [-0.3, -0.25) is 14.2 Å². The van der Waals surface area contributed by atoms with E-state index in [2.05, 4.69) is 15.2 Å². The third-order valence-corrected chi connectivity index (χ3v) is 5.26. The van der Waals surface area contributed by atoms with Crippen LogP contribution in [0.1, 0.15) is 49.0 Å². The second-order valence-corrected chi connectivity index (χ2v) is 6.77. The Balaban J connectivity index is 1.52. The summed E-state index contributed by atoms with van der Waals surface area (Å²) in [4.78, 5) is 31.0. The van der Waals surface area contributed by atoms with Gasteiger partial charge in [0.1, 0.15) is 12.1 Å². The maximum atomic E-state index is 12.9. The molecule has 0 N–H and O–H groups in total. The van der Waals surface area contributed by atoms with Crippen LogP contribution in [0.4, 0.5) is 0 Å². The van der Waals surface area contributed by atoms with Crippen molar-refractivity contribution in [1.82, 2.24) is 24.6 Å². The SMILES string of the molecule is O=C1CCCCC1C1CCCN1C(=O)c1ccc(-n2ccnc2)nn1. The van der Waals surface area contributed by atoms with Crippen molar-refractivity contribution >= 4 is 11.7 Å². The maximum absolute atomic E-state index is 12.9. The molecule has 0 spiro atoms. The summed E-state index contributed by atoms with van der Waals surface area (Å²) in [7, 11) is 0. The summed E-state index contributed by atoms with van der Waals surface area (Å²) in [6.45, 7) is 0.693. The highest BCUT2D eigenvalue weighted by Gasteiger charge is 2.39. The van der Waals surface area contributed by atoms with E-state index in [4.69, 9.17) is 0 Å². The highest BCUT2D eigenvalue weighted by molar-refractivity contribution is 5.93. The first kappa shape index (κ1) is 15.9. The normalized spacial score (nSPS) is 23.8. The van der Waals surface area contributed by atoms with Crippen LogP contribution >= 0.6 is 0 Å². The number of ketones is 1. The first-order chi connectivity index (χ1) is 12.2. The standard InChI is InChI=1S/C18H21N5O2/c24-16-6-2-1-4-13(16)15-5-3-10-23(15)18(25)14-7-8-17(21-20-14)22-11-9-19-12-22/h7-9,11-13,15H,1-6,10H2. The molecule has 25 heavy (non-hydrogen) atoms. The third kappa shape index (κ3) is 3.06. The average molecular weight is 339 g/mol. The topological polar surface area (TPSA) is 81.0 Å². The zero-order valence-corrected chi connectivity index (χ0v) is 14.0. The summed E-state index contributed by atoms with van der Waals surface area (Å²) >= 11 is 0. The lowest BCUT2D eigenvalue weighted by Gasteiger charge is -2.32. The second kappa shape index (κ2) is 6.74. The highest BCUT2D eigenvalue weighted by atomic mass is 16.2. The number of amides is 1. The predicted octanol–water partition coefficient (Wildman–Crippen LogP) is 2.03. The minimum atomic E-state index is -0.120. The van der Waals surface area contributed by atoms with Crippen LogP contribution in [0.5, 0.6) is 0 Å². The Morgan fingerprint density at radius 1 is 1.12 bits per heavy atom. The molecule has 2 atom stereocenters. The molecule has 3 heterocycles. The van der Waals surface area contributed by atoms with Gasteiger partial charge in [-0.25, -0.2) is 4.98 Å². The molecule has 2 unspecified atom stereocenters. The van der Waals surface area contributed by atoms with Crippen molar-refractivity contribution in [2.75, 3.05) is 6.54 Å². The zero-order valence-electron chi connectivity index (χ0n) is 14.0. The summed E-state index contributed by atoms with van der Waals surface area (Å²) in [6, 6.07) is 3.48. The van der Waals surface area contributed by atoms with E-state index in [-0.39, 0.29) is 17.9 Å². The molecule has 1 saturated heterocycles. The Labute approximate surface area is 146 Å². The van der Waals surface area contributed by atoms with Gasteiger partial charge < -0.3 is 4.90 Å². The predicted molar refractivity (Wildman–Crippen MR) is 90.2 cm³/mol. The van der Waals surface area contributed by atoms with Gasteiger partial charge in [0.15, 0.2) is 11.5 Å². The van der Waals surface area contributed by atoms with E-state index in [1.54, 1.807) is 35.4 Å². The molecule has 0 aromatic carbocycles. The van der Waals surface area contributed by atoms with Gasteiger partial charge in [0.2, 0.25) is 0 Å². The lowest BCUT2D eigenvalue weighted by molar-refractivity contribution is -0.126. The molecule has 0 bridgehead atoms. The Hall–Kier alpha value is -2.57. The lowest BCUT2D eigenvalue weighted by atomic mass is 9.82. The van der Waals surface area contributed by atoms with Gasteiger partial charge in [-0.15, -0.1) is 10.2 Å². The highest BCUT2D eigenvalue weighted by Crippen LogP contribution is 2.33. The monoisotopic (exact) mass is 339 g/mol. The number of imidazole rings is 1. The molecule has 0 radical (unpaired) electrons. The van der Waals surface area contributed by atoms with Crippen molar-refractivity contribution in [2.45, 2.75) is 44.6 Å². The Morgan fingerprint density at radius 2 is 2.04 bits per heavy atom. The van der Waals surface area contributed by atoms with Crippen molar-refractivity contribution in [3.63, 3.8) is 0 Å². The molecular weight excluding hydrogens is 318 g/mol. The summed E-state index contributed by atoms with van der Waals surface area (Å²) in [5.41, 5.74) is 0.332. The van der Waals surface area contributed by atoms with Gasteiger partial charge in [0.25, 0.3) is 5.91 Å². The number of Topliss-reactive ketones (excluding diaryl/α,β-unsaturated/α-hetero) is 1. The van der Waals surface area contributed by atoms with Crippen molar-refractivity contribution in [2.24, 2.45) is 5.92 Å². The van der Waals surface area contributed by atoms with E-state index in [9.17, 15) is 9.59 Å². The van der Waals surface area contributed by atoms with E-state index < -0.39 is 0 Å². The number of likely N-dealkylation sites (tertiary alicyclic amines) is 1. The van der Waals surface area contributed by atoms with E-state index >= 15 is 0 Å². The van der Waals surface area contributed by atoms with Crippen LogP contribution < -0.4 is 0 Å². The number of hydrogen-bond donors (Lipinski definition) is 0. The molecule has 1 saturated carbocycles. The van der Waals surface area contributed by atoms with E-state index in [1.807, 2.05) is 4.90 Å². The quantitative estimate of drug-likeness (QED) is 0.854. The minimum absolute atomic E-state index is 0.00150. The first-order valence-corrected chi connectivity index (χ1v) is 8.90. The van der Waals surface area contributed by atoms with Crippen molar-refractivity contribution in [3.8, 4) is 5.82 Å². The van der Waals surface area contributed by atoms with Gasteiger partial charge in [0.05, 0.1) is 0 Å². The molecule has 4 rings (SSSR count). The van der Waals surface area contributed by atoms with Crippen molar-refractivity contribution in [3.05, 3.63) is 36.5 Å². The van der Waals surface area contributed by atoms with Gasteiger partial charge in [0, 0.05) is 37.3 Å². The molecular formula is C18H21N5O2. The molecule has 7 nitrogen and oxygen atoms in total. The van der Waals surface area contributed by atoms with Crippen molar-refractivity contribution < 1.29 is 9.59 Å². The molecule has 1 amide bonds. The average Bonchev–Trinajstić information content (AvgIpc) is 3.34. The van der Waals surface area contributed by atoms with Crippen LogP contribution in [0, 0.1) is 5.92 Å². The van der Waals surface area contributed by atoms with E-state index in [0.29, 0.717) is 30.3 Å². The largest absolute Gasteiger partial charge is 0.334 e. The Morgan fingerprint density at radius 3 is 2.76 bits per heavy atom. The van der Waals surface area contributed by atoms with Gasteiger partial charge in [-0.05, 0) is 37.8 Å². The van der Waals surface area contributed by atoms with Gasteiger partial charge in [-0.2, -0.15) is 0 Å². The van der Waals surface area contributed by atoms with Crippen LogP contribution in [-0.4, -0.2) is 48.9 Å². The number of nitrogens with zero attached hydrogens (tertiary/aromatic N) is 5. The summed E-state index contributed by atoms with van der Waals surface area (Å²) in [5, 5.41) is 8.23. The van der Waals surface area contributed by atoms with Gasteiger partial charge >= 0.3 is 0 Å². The fraction of sp³-hybridized carbons (Fsp3) is 0.500. The van der Waals surface area contributed by atoms with Crippen LogP contribution in [0.3, 0.4) is 0 Å². The molecule has 2 aliphatic rings. The Kier molecular flexibility index (Phi) is 4.29. The summed E-state index contributed by atoms with van der Waals surface area (Å²) < 4.78 is 1.74. The van der Waals surface area contributed by atoms with Crippen LogP contribution in [-0.2, 0) is 4.79 Å². The molecule has 1 aliphatic heterocycles. The van der Waals surface area contributed by atoms with E-state index in [0.717, 1.165) is 32.1 Å². The van der Waals surface area contributed by atoms with Crippen LogP contribution in [0.15, 0.2) is 30.9 Å². The summed E-state index contributed by atoms with van der Waals surface area (Å²) in [5.74, 6) is 0.816. The molecule has 2 fully saturated rings. The molecule has 130 valence electrons. The van der Waals surface area contributed by atoms with Crippen LogP contribution in [0.2, 0.25) is 0 Å². The fourth-order valence-electron chi connectivity index (χ4n) is 4.00. The smallest absolute Gasteiger partial charge is 0.274 e. The van der Waals surface area contributed by atoms with Crippen LogP contribution in [0.25, 0.3) is 5.82 Å². The zero-order chi connectivity index (χ0) is 17.2. The number of carbonyl (C=O) groups is 2. The first-order valence-electron chi connectivity index (χ1n) is 8.90. The number of carbonyl (C=O) groups excluding carboxylic acids is 2. The molecule has 7 heteroatoms. The summed E-state index contributed by atoms with van der Waals surface area (Å²) in [6.07, 6.45) is 10.5. The molecule has 2 aromatic rings. The lowest BCUT2D eigenvalue weighted by Crippen LogP contribution is -2.44. The van der Waals surface area contributed by atoms with Gasteiger partial charge in [-0.1, -0.05) is 6.42 Å². The minimum Gasteiger partial charge on any atom is -0.334 e. The van der Waals surface area contributed by atoms with E-state index in [1.165, 1.54) is 0 Å². The second-order valence-electron chi connectivity index (χ2n) is 6.77. The molecule has 1 aliphatic carbocycles. The Bertz CT molecular complexity index is 756. The fourth-order valence-corrected chi connectivity index (χ4v) is 4.00. The maximum Gasteiger partial charge on any atom is 0.274 e. The number of aromatic nitrogens is 4. The molecule has 2 aromatic heterocycles. The number of rotatable bonds is 3. The number of hydrogen-bond acceptors (Lipinski definition) is 5. The van der Waals surface area contributed by atoms with Crippen molar-refractivity contribution in [1.29, 1.82) is 0 Å².